The van der Waals surface area contributed by atoms with E-state index in [1.54, 1.807) is 19.1 Å². The van der Waals surface area contributed by atoms with E-state index in [0.717, 1.165) is 0 Å². The van der Waals surface area contributed by atoms with Crippen LogP contribution < -0.4 is 10.0 Å². The van der Waals surface area contributed by atoms with Gasteiger partial charge in [0.2, 0.25) is 10.0 Å². The Morgan fingerprint density at radius 3 is 2.70 bits per heavy atom. The van der Waals surface area contributed by atoms with Gasteiger partial charge in [0, 0.05) is 12.1 Å². The van der Waals surface area contributed by atoms with E-state index in [1.807, 2.05) is 0 Å². The first-order chi connectivity index (χ1) is 12.8. The van der Waals surface area contributed by atoms with Gasteiger partial charge in [0.1, 0.15) is 12.4 Å². The van der Waals surface area contributed by atoms with Gasteiger partial charge in [-0.25, -0.2) is 17.9 Å². The highest BCUT2D eigenvalue weighted by atomic mass is 32.2. The smallest absolute Gasteiger partial charge is 0.329 e. The number of carbonyl (C=O) groups is 2. The minimum absolute atomic E-state index is 0.00828. The number of amides is 1. The number of ether oxygens (including phenoxy) is 1. The summed E-state index contributed by atoms with van der Waals surface area (Å²) in [6, 6.07) is 7.53. The van der Waals surface area contributed by atoms with Crippen LogP contribution in [0.5, 0.6) is 0 Å². The van der Waals surface area contributed by atoms with E-state index in [4.69, 9.17) is 14.3 Å². The molecule has 0 aliphatic carbocycles. The SMILES string of the molecule is Cc1ccc(S(=O)(=O)NCc2ccco2)cc1C(=O)NCCOCC(=O)O. The summed E-state index contributed by atoms with van der Waals surface area (Å²) >= 11 is 0. The van der Waals surface area contributed by atoms with E-state index >= 15 is 0 Å². The van der Waals surface area contributed by atoms with Gasteiger partial charge in [-0.15, -0.1) is 0 Å². The molecular formula is C17H20N2O7S. The van der Waals surface area contributed by atoms with E-state index in [1.165, 1.54) is 24.5 Å². The summed E-state index contributed by atoms with van der Waals surface area (Å²) < 4.78 is 37.2. The molecule has 0 fully saturated rings. The molecule has 1 aromatic heterocycles. The molecule has 1 amide bonds. The number of carboxylic acid groups (broad SMARTS) is 1. The molecule has 9 nitrogen and oxygen atoms in total. The van der Waals surface area contributed by atoms with Crippen LogP contribution in [0.25, 0.3) is 0 Å². The topological polar surface area (TPSA) is 135 Å². The first-order valence-electron chi connectivity index (χ1n) is 8.00. The van der Waals surface area contributed by atoms with Crippen molar-refractivity contribution in [3.63, 3.8) is 0 Å². The molecule has 0 aliphatic heterocycles. The summed E-state index contributed by atoms with van der Waals surface area (Å²) in [5.41, 5.74) is 0.804. The predicted octanol–water partition coefficient (Wildman–Crippen LogP) is 0.898. The fraction of sp³-hybridized carbons (Fsp3) is 0.294. The van der Waals surface area contributed by atoms with Crippen LogP contribution >= 0.6 is 0 Å². The number of sulfonamides is 1. The Labute approximate surface area is 156 Å². The van der Waals surface area contributed by atoms with Crippen molar-refractivity contribution in [3.8, 4) is 0 Å². The molecule has 0 saturated heterocycles. The summed E-state index contributed by atoms with van der Waals surface area (Å²) in [6.07, 6.45) is 1.44. The molecule has 0 aliphatic rings. The number of rotatable bonds is 10. The van der Waals surface area contributed by atoms with Crippen LogP contribution in [0.2, 0.25) is 0 Å². The van der Waals surface area contributed by atoms with E-state index in [-0.39, 0.29) is 30.2 Å². The van der Waals surface area contributed by atoms with Crippen molar-refractivity contribution in [2.45, 2.75) is 18.4 Å². The van der Waals surface area contributed by atoms with Crippen LogP contribution in [0.3, 0.4) is 0 Å². The lowest BCUT2D eigenvalue weighted by atomic mass is 10.1. The fourth-order valence-corrected chi connectivity index (χ4v) is 3.19. The highest BCUT2D eigenvalue weighted by Gasteiger charge is 2.18. The molecule has 27 heavy (non-hydrogen) atoms. The highest BCUT2D eigenvalue weighted by Crippen LogP contribution is 2.16. The Balaban J connectivity index is 2.01. The monoisotopic (exact) mass is 396 g/mol. The third kappa shape index (κ3) is 6.20. The van der Waals surface area contributed by atoms with Crippen LogP contribution in [0, 0.1) is 6.92 Å². The van der Waals surface area contributed by atoms with E-state index in [2.05, 4.69) is 10.0 Å². The van der Waals surface area contributed by atoms with Gasteiger partial charge in [0.05, 0.1) is 24.3 Å². The number of aryl methyl sites for hydroxylation is 1. The lowest BCUT2D eigenvalue weighted by Crippen LogP contribution is -2.29. The highest BCUT2D eigenvalue weighted by molar-refractivity contribution is 7.89. The molecule has 1 aromatic carbocycles. The summed E-state index contributed by atoms with van der Waals surface area (Å²) in [5, 5.41) is 11.0. The van der Waals surface area contributed by atoms with Gasteiger partial charge >= 0.3 is 5.97 Å². The molecule has 10 heteroatoms. The molecule has 3 N–H and O–H groups in total. The molecule has 2 rings (SSSR count). The first kappa shape index (κ1) is 20.6. The normalized spacial score (nSPS) is 11.3. The molecule has 146 valence electrons. The van der Waals surface area contributed by atoms with Crippen LogP contribution in [-0.4, -0.2) is 45.2 Å². The minimum Gasteiger partial charge on any atom is -0.480 e. The van der Waals surface area contributed by atoms with E-state index < -0.39 is 28.5 Å². The Hall–Kier alpha value is -2.69. The van der Waals surface area contributed by atoms with Crippen molar-refractivity contribution in [3.05, 3.63) is 53.5 Å². The van der Waals surface area contributed by atoms with Gasteiger partial charge in [-0.2, -0.15) is 0 Å². The second kappa shape index (κ2) is 9.31. The summed E-state index contributed by atoms with van der Waals surface area (Å²) in [7, 11) is -3.83. The second-order valence-corrected chi connectivity index (χ2v) is 7.35. The first-order valence-corrected chi connectivity index (χ1v) is 9.48. The van der Waals surface area contributed by atoms with Gasteiger partial charge in [-0.05, 0) is 36.8 Å². The van der Waals surface area contributed by atoms with Gasteiger partial charge in [-0.3, -0.25) is 4.79 Å². The number of hydrogen-bond acceptors (Lipinski definition) is 6. The second-order valence-electron chi connectivity index (χ2n) is 5.58. The zero-order chi connectivity index (χ0) is 19.9. The molecule has 0 unspecified atom stereocenters. The van der Waals surface area contributed by atoms with Crippen molar-refractivity contribution in [2.75, 3.05) is 19.8 Å². The predicted molar refractivity (Wildman–Crippen MR) is 94.7 cm³/mol. The lowest BCUT2D eigenvalue weighted by molar-refractivity contribution is -0.142. The standard InChI is InChI=1S/C17H20N2O7S/c1-12-4-5-14(27(23,24)19-10-13-3-2-7-26-13)9-15(12)17(22)18-6-8-25-11-16(20)21/h2-5,7,9,19H,6,8,10-11H2,1H3,(H,18,22)(H,20,21). The molecule has 0 saturated carbocycles. The number of benzene rings is 1. The number of aliphatic carboxylic acids is 1. The van der Waals surface area contributed by atoms with Crippen molar-refractivity contribution in [2.24, 2.45) is 0 Å². The van der Waals surface area contributed by atoms with E-state index in [9.17, 15) is 18.0 Å². The quantitative estimate of drug-likeness (QED) is 0.508. The number of carbonyl (C=O) groups excluding carboxylic acids is 1. The number of nitrogens with one attached hydrogen (secondary N) is 2. The lowest BCUT2D eigenvalue weighted by Gasteiger charge is -2.11. The molecule has 0 spiro atoms. The van der Waals surface area contributed by atoms with Crippen LogP contribution in [0.4, 0.5) is 0 Å². The van der Waals surface area contributed by atoms with Gasteiger partial charge in [-0.1, -0.05) is 6.07 Å². The third-order valence-corrected chi connectivity index (χ3v) is 4.94. The maximum Gasteiger partial charge on any atom is 0.329 e. The summed E-state index contributed by atoms with van der Waals surface area (Å²) in [5.74, 6) is -1.11. The maximum atomic E-state index is 12.4. The average Bonchev–Trinajstić information content (AvgIpc) is 3.13. The Bertz CT molecular complexity index is 892. The molecule has 0 atom stereocenters. The van der Waals surface area contributed by atoms with Gasteiger partial charge < -0.3 is 19.6 Å². The zero-order valence-electron chi connectivity index (χ0n) is 14.6. The minimum atomic E-state index is -3.83. The molecule has 0 bridgehead atoms. The molecule has 1 heterocycles. The van der Waals surface area contributed by atoms with Gasteiger partial charge in [0.25, 0.3) is 5.91 Å². The van der Waals surface area contributed by atoms with Crippen molar-refractivity contribution in [1.82, 2.24) is 10.0 Å². The number of hydrogen-bond donors (Lipinski definition) is 3. The maximum absolute atomic E-state index is 12.4. The third-order valence-electron chi connectivity index (χ3n) is 3.54. The average molecular weight is 396 g/mol. The summed E-state index contributed by atoms with van der Waals surface area (Å²) in [4.78, 5) is 22.6. The van der Waals surface area contributed by atoms with Crippen LogP contribution in [0.15, 0.2) is 45.9 Å². The van der Waals surface area contributed by atoms with Crippen LogP contribution in [-0.2, 0) is 26.1 Å². The number of carboxylic acids is 1. The summed E-state index contributed by atoms with van der Waals surface area (Å²) in [6.45, 7) is 1.34. The Morgan fingerprint density at radius 2 is 2.04 bits per heavy atom. The van der Waals surface area contributed by atoms with E-state index in [0.29, 0.717) is 11.3 Å². The Kier molecular flexibility index (Phi) is 7.11. The molecule has 0 radical (unpaired) electrons. The zero-order valence-corrected chi connectivity index (χ0v) is 15.4. The molecule has 2 aromatic rings. The largest absolute Gasteiger partial charge is 0.480 e. The number of furan rings is 1. The molecular weight excluding hydrogens is 376 g/mol. The fourth-order valence-electron chi connectivity index (χ4n) is 2.17. The van der Waals surface area contributed by atoms with Crippen molar-refractivity contribution < 1.29 is 32.3 Å². The Morgan fingerprint density at radius 1 is 1.26 bits per heavy atom. The van der Waals surface area contributed by atoms with Crippen LogP contribution in [0.1, 0.15) is 21.7 Å². The van der Waals surface area contributed by atoms with Gasteiger partial charge in [0.15, 0.2) is 0 Å². The van der Waals surface area contributed by atoms with Crippen molar-refractivity contribution in [1.29, 1.82) is 0 Å². The van der Waals surface area contributed by atoms with Crippen molar-refractivity contribution >= 4 is 21.9 Å².